The number of ketones is 1. The van der Waals surface area contributed by atoms with Crippen LogP contribution in [0.4, 0.5) is 0 Å². The number of likely N-dealkylation sites (tertiary alicyclic amines) is 1. The van der Waals surface area contributed by atoms with Gasteiger partial charge in [-0.2, -0.15) is 0 Å². The van der Waals surface area contributed by atoms with Gasteiger partial charge in [-0.05, 0) is 100 Å². The molecule has 0 aromatic heterocycles. The first kappa shape index (κ1) is 67.3. The first-order valence-corrected chi connectivity index (χ1v) is 29.1. The van der Waals surface area contributed by atoms with E-state index in [-0.39, 0.29) is 50.0 Å². The number of Topliss-reactive ketones (excluding diaryl/α,β-unsaturated/α-hetero) is 1. The lowest BCUT2D eigenvalue weighted by atomic mass is 9.91. The number of likely N-dealkylation sites (N-methyl/N-ethyl adjacent to an activating group) is 2. The minimum atomic E-state index is -1.75. The Kier molecular flexibility index (Phi) is 25.6. The quantitative estimate of drug-likeness (QED) is 0.111. The predicted octanol–water partition coefficient (Wildman–Crippen LogP) is 3.06. The van der Waals surface area contributed by atoms with E-state index in [4.69, 9.17) is 19.9 Å². The summed E-state index contributed by atoms with van der Waals surface area (Å²) < 4.78 is 17.3. The Labute approximate surface area is 479 Å². The van der Waals surface area contributed by atoms with Gasteiger partial charge in [-0.3, -0.25) is 43.2 Å². The van der Waals surface area contributed by atoms with E-state index in [2.05, 4.69) is 16.0 Å². The number of nitrogens with zero attached hydrogens (tertiary/aromatic N) is 4. The molecule has 0 bridgehead atoms. The fourth-order valence-electron chi connectivity index (χ4n) is 10.9. The highest BCUT2D eigenvalue weighted by molar-refractivity contribution is 6.05. The number of rotatable bonds is 17. The number of benzene rings is 1. The maximum Gasteiger partial charge on any atom is 0.329 e. The molecule has 454 valence electrons. The molecule has 0 spiro atoms. The first-order chi connectivity index (χ1) is 38.1. The van der Waals surface area contributed by atoms with E-state index in [0.29, 0.717) is 56.4 Å². The van der Waals surface area contributed by atoms with Crippen LogP contribution in [0.5, 0.6) is 5.75 Å². The SMILES string of the molecule is CCCC(N)C(=O)N1CCCC1C(=O)N(C)[C@H](CC(C)C)C(=O)N[C@@H]1C(=O)N[C@H]([C@@H](C)CC)[C@@H](O)CC(=O)O[C@@H](C(C)C)C(=O)[C@H](C)C(=O)N[C@@H](CC(C)C)C(=O)N2CCC[C@H]2C(=O)N(C)[C@@H](Cc2ccc(OC)cc2)C(=O)O[C@@H]1C. The number of cyclic esters (lactones) is 2. The van der Waals surface area contributed by atoms with Crippen molar-refractivity contribution in [3.63, 3.8) is 0 Å². The highest BCUT2D eigenvalue weighted by atomic mass is 16.6. The minimum Gasteiger partial charge on any atom is -0.497 e. The molecule has 13 atom stereocenters. The van der Waals surface area contributed by atoms with Crippen molar-refractivity contribution >= 4 is 59.1 Å². The van der Waals surface area contributed by atoms with Gasteiger partial charge in [0.2, 0.25) is 41.4 Å². The molecule has 7 amide bonds. The van der Waals surface area contributed by atoms with Crippen molar-refractivity contribution in [2.75, 3.05) is 34.3 Å². The highest BCUT2D eigenvalue weighted by Crippen LogP contribution is 2.27. The van der Waals surface area contributed by atoms with Gasteiger partial charge in [0, 0.05) is 33.6 Å². The van der Waals surface area contributed by atoms with Gasteiger partial charge in [0.25, 0.3) is 0 Å². The van der Waals surface area contributed by atoms with E-state index in [9.17, 15) is 43.5 Å². The van der Waals surface area contributed by atoms with Gasteiger partial charge in [0.15, 0.2) is 11.9 Å². The Morgan fingerprint density at radius 1 is 0.877 bits per heavy atom. The summed E-state index contributed by atoms with van der Waals surface area (Å²) in [6, 6.07) is -2.81. The molecule has 3 aliphatic heterocycles. The molecule has 81 heavy (non-hydrogen) atoms. The van der Waals surface area contributed by atoms with Crippen molar-refractivity contribution < 1.29 is 67.3 Å². The molecule has 6 N–H and O–H groups in total. The number of aliphatic hydroxyl groups excluding tert-OH is 1. The highest BCUT2D eigenvalue weighted by Gasteiger charge is 2.46. The summed E-state index contributed by atoms with van der Waals surface area (Å²) >= 11 is 0. The van der Waals surface area contributed by atoms with Crippen molar-refractivity contribution in [2.24, 2.45) is 35.3 Å². The predicted molar refractivity (Wildman–Crippen MR) is 301 cm³/mol. The third-order valence-electron chi connectivity index (χ3n) is 16.0. The number of amides is 7. The number of nitrogens with one attached hydrogen (secondary N) is 3. The second kappa shape index (κ2) is 30.8. The Bertz CT molecular complexity index is 2370. The van der Waals surface area contributed by atoms with Crippen molar-refractivity contribution in [1.29, 1.82) is 0 Å². The zero-order valence-corrected chi connectivity index (χ0v) is 50.4. The summed E-state index contributed by atoms with van der Waals surface area (Å²) in [6.45, 7) is 19.2. The zero-order valence-electron chi connectivity index (χ0n) is 50.4. The second-order valence-corrected chi connectivity index (χ2v) is 23.7. The van der Waals surface area contributed by atoms with Crippen molar-refractivity contribution in [2.45, 2.75) is 213 Å². The van der Waals surface area contributed by atoms with Gasteiger partial charge in [-0.1, -0.05) is 87.3 Å². The Balaban J connectivity index is 1.88. The van der Waals surface area contributed by atoms with Gasteiger partial charge >= 0.3 is 11.9 Å². The third kappa shape index (κ3) is 17.7. The number of carbonyl (C=O) groups excluding carboxylic acids is 10. The number of fused-ring (bicyclic) bond motifs is 1. The zero-order chi connectivity index (χ0) is 60.7. The van der Waals surface area contributed by atoms with E-state index in [1.165, 1.54) is 54.7 Å². The third-order valence-corrected chi connectivity index (χ3v) is 16.0. The first-order valence-electron chi connectivity index (χ1n) is 29.1. The van der Waals surface area contributed by atoms with Gasteiger partial charge in [-0.25, -0.2) is 4.79 Å². The monoisotopic (exact) mass is 1140 g/mol. The average Bonchev–Trinajstić information content (AvgIpc) is 4.23. The molecule has 0 radical (unpaired) electrons. The molecule has 22 nitrogen and oxygen atoms in total. The Hall–Kier alpha value is -6.16. The molecular formula is C59H94N8O14. The van der Waals surface area contributed by atoms with Crippen LogP contribution in [0, 0.1) is 29.6 Å². The van der Waals surface area contributed by atoms with Crippen LogP contribution in [0.1, 0.15) is 146 Å². The average molecular weight is 1140 g/mol. The number of hydrogen-bond acceptors (Lipinski definition) is 15. The molecule has 3 fully saturated rings. The van der Waals surface area contributed by atoms with Gasteiger partial charge < -0.3 is 60.6 Å². The number of methoxy groups -OCH3 is 1. The summed E-state index contributed by atoms with van der Waals surface area (Å²) in [5.41, 5.74) is 6.82. The van der Waals surface area contributed by atoms with Crippen LogP contribution in [0.15, 0.2) is 24.3 Å². The molecule has 0 saturated carbocycles. The number of nitrogens with two attached hydrogens (primary N) is 1. The molecule has 22 heteroatoms. The second-order valence-electron chi connectivity index (χ2n) is 23.7. The minimum absolute atomic E-state index is 0.0987. The lowest BCUT2D eigenvalue weighted by molar-refractivity contribution is -0.163. The van der Waals surface area contributed by atoms with Gasteiger partial charge in [-0.15, -0.1) is 0 Å². The largest absolute Gasteiger partial charge is 0.497 e. The molecular weight excluding hydrogens is 1040 g/mol. The molecule has 0 aliphatic carbocycles. The smallest absolute Gasteiger partial charge is 0.329 e. The standard InChI is InChI=1S/C59H94N8O14/c1-15-19-40(60)55(74)66-26-17-20-42(66)57(76)64(12)44(29-33(5)6)53(72)63-49-37(11)80-59(78)45(30-38-22-24-39(79-14)25-23-38)65(13)58(77)43-21-18-27-67(43)56(75)41(28-32(3)4)61-52(71)36(10)50(70)51(34(7)8)81-47(69)31-46(68)48(35(9)16-2)62-54(49)73/h22-25,32-37,40-46,48-49,51,68H,15-21,26-31,60H2,1-14H3,(H,61,71)(H,62,73)(H,63,72)/t35-,36-,37+,40?,41-,42?,43-,44+,45-,46-,48+,49-,51-/m0/s1. The van der Waals surface area contributed by atoms with E-state index in [0.717, 1.165) is 0 Å². The van der Waals surface area contributed by atoms with Crippen LogP contribution < -0.4 is 26.4 Å². The van der Waals surface area contributed by atoms with Crippen LogP contribution in [0.3, 0.4) is 0 Å². The van der Waals surface area contributed by atoms with E-state index >= 15 is 9.59 Å². The van der Waals surface area contributed by atoms with Crippen LogP contribution in [0.2, 0.25) is 0 Å². The summed E-state index contributed by atoms with van der Waals surface area (Å²) in [5.74, 6) is -9.79. The van der Waals surface area contributed by atoms with E-state index < -0.39 is 144 Å². The number of ether oxygens (including phenoxy) is 3. The lowest BCUT2D eigenvalue weighted by Crippen LogP contribution is -2.62. The number of carbonyl (C=O) groups is 10. The van der Waals surface area contributed by atoms with Crippen molar-refractivity contribution in [3.05, 3.63) is 29.8 Å². The van der Waals surface area contributed by atoms with E-state index in [1.807, 2.05) is 34.6 Å². The van der Waals surface area contributed by atoms with Crippen LogP contribution in [-0.4, -0.2) is 185 Å². The maximum absolute atomic E-state index is 15.1. The Morgan fingerprint density at radius 2 is 1.52 bits per heavy atom. The molecule has 3 aliphatic rings. The number of esters is 2. The normalized spacial score (nSPS) is 27.3. The van der Waals surface area contributed by atoms with Crippen LogP contribution >= 0.6 is 0 Å². The fraction of sp³-hybridized carbons (Fsp3) is 0.729. The van der Waals surface area contributed by atoms with E-state index in [1.54, 1.807) is 52.0 Å². The summed E-state index contributed by atoms with van der Waals surface area (Å²) in [5, 5.41) is 20.2. The number of aliphatic hydroxyl groups is 1. The molecule has 4 rings (SSSR count). The molecule has 3 saturated heterocycles. The summed E-state index contributed by atoms with van der Waals surface area (Å²) in [4.78, 5) is 150. The lowest BCUT2D eigenvalue weighted by Gasteiger charge is -2.36. The Morgan fingerprint density at radius 3 is 2.10 bits per heavy atom. The molecule has 3 heterocycles. The topological polar surface area (TPSA) is 294 Å². The maximum atomic E-state index is 15.1. The summed E-state index contributed by atoms with van der Waals surface area (Å²) in [7, 11) is 4.35. The fourth-order valence-corrected chi connectivity index (χ4v) is 10.9. The van der Waals surface area contributed by atoms with Crippen LogP contribution in [-0.2, 0) is 63.8 Å². The number of hydrogen-bond donors (Lipinski definition) is 5. The van der Waals surface area contributed by atoms with Crippen molar-refractivity contribution in [3.8, 4) is 5.75 Å². The summed E-state index contributed by atoms with van der Waals surface area (Å²) in [6.07, 6.45) is -2.32. The van der Waals surface area contributed by atoms with Crippen LogP contribution in [0.25, 0.3) is 0 Å². The molecule has 2 unspecified atom stereocenters. The van der Waals surface area contributed by atoms with Gasteiger partial charge in [0.05, 0.1) is 37.6 Å². The van der Waals surface area contributed by atoms with Crippen molar-refractivity contribution in [1.82, 2.24) is 35.6 Å². The molecule has 1 aromatic rings. The molecule has 1 aromatic carbocycles. The van der Waals surface area contributed by atoms with Gasteiger partial charge in [0.1, 0.15) is 48.1 Å².